The molecule has 5 nitrogen and oxygen atoms in total. The Balaban J connectivity index is 1.59. The van der Waals surface area contributed by atoms with Gasteiger partial charge in [0, 0.05) is 12.1 Å². The van der Waals surface area contributed by atoms with Crippen LogP contribution in [0.4, 0.5) is 0 Å². The van der Waals surface area contributed by atoms with E-state index in [2.05, 4.69) is 10.6 Å². The molecule has 2 saturated carbocycles. The van der Waals surface area contributed by atoms with Crippen LogP contribution in [0.15, 0.2) is 0 Å². The van der Waals surface area contributed by atoms with Gasteiger partial charge in [0.15, 0.2) is 0 Å². The third-order valence-electron chi connectivity index (χ3n) is 5.22. The molecule has 5 heteroatoms. The number of hydrogen-bond acceptors (Lipinski definition) is 3. The molecule has 2 aliphatic carbocycles. The molecule has 0 radical (unpaired) electrons. The summed E-state index contributed by atoms with van der Waals surface area (Å²) in [5.41, 5.74) is -0.401. The van der Waals surface area contributed by atoms with Crippen molar-refractivity contribution in [3.05, 3.63) is 0 Å². The summed E-state index contributed by atoms with van der Waals surface area (Å²) in [6, 6.07) is 0.753. The van der Waals surface area contributed by atoms with Crippen LogP contribution in [0.25, 0.3) is 0 Å². The Hall–Kier alpha value is -1.10. The van der Waals surface area contributed by atoms with E-state index in [9.17, 15) is 9.59 Å². The Morgan fingerprint density at radius 3 is 2.53 bits per heavy atom. The van der Waals surface area contributed by atoms with Crippen LogP contribution in [0, 0.1) is 23.2 Å². The fraction of sp³-hybridized carbons (Fsp3) is 0.857. The van der Waals surface area contributed by atoms with Crippen LogP contribution < -0.4 is 10.6 Å². The van der Waals surface area contributed by atoms with Gasteiger partial charge in [0.1, 0.15) is 0 Å². The molecule has 0 aromatic heterocycles. The van der Waals surface area contributed by atoms with Crippen LogP contribution in [-0.4, -0.2) is 35.6 Å². The number of rotatable bonds is 3. The van der Waals surface area contributed by atoms with Crippen LogP contribution in [0.5, 0.6) is 0 Å². The quantitative estimate of drug-likeness (QED) is 0.699. The highest BCUT2D eigenvalue weighted by molar-refractivity contribution is 5.91. The molecule has 1 amide bonds. The van der Waals surface area contributed by atoms with Crippen molar-refractivity contribution < 1.29 is 14.7 Å². The molecule has 3 fully saturated rings. The fourth-order valence-corrected chi connectivity index (χ4v) is 4.10. The summed E-state index contributed by atoms with van der Waals surface area (Å²) in [7, 11) is 0. The number of aliphatic carboxylic acids is 1. The van der Waals surface area contributed by atoms with Gasteiger partial charge in [-0.15, -0.1) is 0 Å². The number of fused-ring (bicyclic) bond motifs is 2. The highest BCUT2D eigenvalue weighted by atomic mass is 16.4. The maximum atomic E-state index is 12.2. The van der Waals surface area contributed by atoms with Crippen LogP contribution in [0.3, 0.4) is 0 Å². The van der Waals surface area contributed by atoms with Gasteiger partial charge in [-0.1, -0.05) is 13.8 Å². The number of carboxylic acid groups (broad SMARTS) is 1. The van der Waals surface area contributed by atoms with Crippen molar-refractivity contribution in [1.82, 2.24) is 10.6 Å². The molecule has 0 aromatic carbocycles. The second-order valence-corrected chi connectivity index (χ2v) is 7.00. The molecule has 1 heterocycles. The Morgan fingerprint density at radius 2 is 1.95 bits per heavy atom. The molecule has 3 aliphatic rings. The Morgan fingerprint density at radius 1 is 1.21 bits per heavy atom. The molecular weight excluding hydrogens is 244 g/mol. The number of nitrogens with one attached hydrogen (secondary N) is 2. The van der Waals surface area contributed by atoms with Gasteiger partial charge in [-0.2, -0.15) is 0 Å². The molecule has 3 N–H and O–H groups in total. The summed E-state index contributed by atoms with van der Waals surface area (Å²) in [5.74, 6) is -1.13. The summed E-state index contributed by atoms with van der Waals surface area (Å²) in [4.78, 5) is 23.4. The van der Waals surface area contributed by atoms with E-state index in [0.717, 1.165) is 19.4 Å². The van der Waals surface area contributed by atoms with E-state index in [1.54, 1.807) is 0 Å². The molecule has 0 aromatic rings. The molecule has 5 unspecified atom stereocenters. The van der Waals surface area contributed by atoms with Gasteiger partial charge in [0.25, 0.3) is 0 Å². The molecule has 106 valence electrons. The van der Waals surface area contributed by atoms with E-state index in [4.69, 9.17) is 5.11 Å². The summed E-state index contributed by atoms with van der Waals surface area (Å²) in [6.45, 7) is 4.79. The van der Waals surface area contributed by atoms with Crippen molar-refractivity contribution in [2.75, 3.05) is 6.54 Å². The van der Waals surface area contributed by atoms with Crippen LogP contribution in [-0.2, 0) is 9.59 Å². The molecule has 3 rings (SSSR count). The first-order valence-electron chi connectivity index (χ1n) is 7.16. The second kappa shape index (κ2) is 4.20. The lowest BCUT2D eigenvalue weighted by molar-refractivity contribution is -0.140. The molecule has 0 spiro atoms. The first kappa shape index (κ1) is 12.9. The predicted octanol–water partition coefficient (Wildman–Crippen LogP) is 0.600. The van der Waals surface area contributed by atoms with Gasteiger partial charge in [-0.05, 0) is 37.1 Å². The second-order valence-electron chi connectivity index (χ2n) is 7.00. The summed E-state index contributed by atoms with van der Waals surface area (Å²) in [5, 5.41) is 15.7. The van der Waals surface area contributed by atoms with Crippen molar-refractivity contribution >= 4 is 11.9 Å². The lowest BCUT2D eigenvalue weighted by atomic mass is 9.86. The number of carbonyl (C=O) groups is 2. The summed E-state index contributed by atoms with van der Waals surface area (Å²) < 4.78 is 0. The Kier molecular flexibility index (Phi) is 2.85. The Bertz CT molecular complexity index is 409. The Labute approximate surface area is 113 Å². The smallest absolute Gasteiger partial charge is 0.307 e. The highest BCUT2D eigenvalue weighted by Crippen LogP contribution is 2.58. The monoisotopic (exact) mass is 266 g/mol. The van der Waals surface area contributed by atoms with Crippen molar-refractivity contribution in [1.29, 1.82) is 0 Å². The van der Waals surface area contributed by atoms with E-state index in [-0.39, 0.29) is 17.9 Å². The van der Waals surface area contributed by atoms with E-state index < -0.39 is 17.3 Å². The van der Waals surface area contributed by atoms with Gasteiger partial charge in [-0.25, -0.2) is 0 Å². The molecule has 19 heavy (non-hydrogen) atoms. The molecule has 5 atom stereocenters. The van der Waals surface area contributed by atoms with Crippen LogP contribution in [0.2, 0.25) is 0 Å². The SMILES string of the molecule is CC1(C)C(C(=O)O)C1C(=O)NC1CC2CNC(C2)C1. The first-order chi connectivity index (χ1) is 8.89. The molecular formula is C14H22N2O3. The lowest BCUT2D eigenvalue weighted by Gasteiger charge is -2.27. The zero-order valence-corrected chi connectivity index (χ0v) is 11.5. The van der Waals surface area contributed by atoms with E-state index in [1.807, 2.05) is 13.8 Å². The summed E-state index contributed by atoms with van der Waals surface area (Å²) >= 11 is 0. The van der Waals surface area contributed by atoms with Gasteiger partial charge >= 0.3 is 5.97 Å². The van der Waals surface area contributed by atoms with Gasteiger partial charge < -0.3 is 15.7 Å². The minimum atomic E-state index is -0.851. The topological polar surface area (TPSA) is 78.4 Å². The number of carboxylic acids is 1. The predicted molar refractivity (Wildman–Crippen MR) is 69.5 cm³/mol. The maximum Gasteiger partial charge on any atom is 0.307 e. The summed E-state index contributed by atoms with van der Waals surface area (Å²) in [6.07, 6.45) is 3.23. The van der Waals surface area contributed by atoms with Crippen LogP contribution in [0.1, 0.15) is 33.1 Å². The van der Waals surface area contributed by atoms with Crippen LogP contribution >= 0.6 is 0 Å². The number of carbonyl (C=O) groups excluding carboxylic acids is 1. The largest absolute Gasteiger partial charge is 0.481 e. The van der Waals surface area contributed by atoms with Crippen molar-refractivity contribution in [3.8, 4) is 0 Å². The first-order valence-corrected chi connectivity index (χ1v) is 7.16. The zero-order chi connectivity index (χ0) is 13.8. The van der Waals surface area contributed by atoms with Crippen molar-refractivity contribution in [2.24, 2.45) is 23.2 Å². The zero-order valence-electron chi connectivity index (χ0n) is 11.5. The standard InChI is InChI=1S/C14H22N2O3/c1-14(2)10(11(14)13(18)19)12(17)16-9-4-7-3-8(5-9)15-6-7/h7-11,15H,3-6H2,1-2H3,(H,16,17)(H,18,19). The van der Waals surface area contributed by atoms with Gasteiger partial charge in [0.05, 0.1) is 11.8 Å². The molecule has 1 saturated heterocycles. The third-order valence-corrected chi connectivity index (χ3v) is 5.22. The minimum Gasteiger partial charge on any atom is -0.481 e. The average molecular weight is 266 g/mol. The lowest BCUT2D eigenvalue weighted by Crippen LogP contribution is -2.42. The van der Waals surface area contributed by atoms with E-state index >= 15 is 0 Å². The van der Waals surface area contributed by atoms with Crippen molar-refractivity contribution in [3.63, 3.8) is 0 Å². The fourth-order valence-electron chi connectivity index (χ4n) is 4.10. The highest BCUT2D eigenvalue weighted by Gasteiger charge is 2.66. The molecule has 1 aliphatic heterocycles. The van der Waals surface area contributed by atoms with E-state index in [1.165, 1.54) is 6.42 Å². The molecule has 2 bridgehead atoms. The van der Waals surface area contributed by atoms with E-state index in [0.29, 0.717) is 12.0 Å². The number of amides is 1. The maximum absolute atomic E-state index is 12.2. The number of hydrogen-bond donors (Lipinski definition) is 3. The van der Waals surface area contributed by atoms with Crippen molar-refractivity contribution in [2.45, 2.75) is 45.2 Å². The minimum absolute atomic E-state index is 0.0660. The normalized spacial score (nSPS) is 42.7. The third kappa shape index (κ3) is 2.14. The average Bonchev–Trinajstić information content (AvgIpc) is 2.74. The van der Waals surface area contributed by atoms with Gasteiger partial charge in [0.2, 0.25) is 5.91 Å². The van der Waals surface area contributed by atoms with Gasteiger partial charge in [-0.3, -0.25) is 9.59 Å².